The molecule has 25 heavy (non-hydrogen) atoms. The maximum absolute atomic E-state index is 12.0. The Morgan fingerprint density at radius 2 is 1.96 bits per heavy atom. The summed E-state index contributed by atoms with van der Waals surface area (Å²) in [7, 11) is -3.26. The molecule has 0 aliphatic rings. The van der Waals surface area contributed by atoms with Crippen LogP contribution in [0.4, 0.5) is 5.13 Å². The lowest BCUT2D eigenvalue weighted by Crippen LogP contribution is -2.13. The molecule has 3 aromatic rings. The summed E-state index contributed by atoms with van der Waals surface area (Å²) >= 11 is 2.80. The lowest BCUT2D eigenvalue weighted by atomic mass is 10.2. The van der Waals surface area contributed by atoms with Crippen LogP contribution >= 0.6 is 23.1 Å². The molecule has 1 N–H and O–H groups in total. The Kier molecular flexibility index (Phi) is 5.41. The first-order valence-corrected chi connectivity index (χ1v) is 11.3. The van der Waals surface area contributed by atoms with Gasteiger partial charge in [0.25, 0.3) is 0 Å². The van der Waals surface area contributed by atoms with Crippen molar-refractivity contribution in [2.45, 2.75) is 10.6 Å². The molecule has 2 aromatic carbocycles. The van der Waals surface area contributed by atoms with Gasteiger partial charge < -0.3 is 5.32 Å². The fourth-order valence-corrected chi connectivity index (χ4v) is 4.61. The van der Waals surface area contributed by atoms with E-state index in [1.54, 1.807) is 12.1 Å². The van der Waals surface area contributed by atoms with E-state index in [0.29, 0.717) is 16.4 Å². The summed E-state index contributed by atoms with van der Waals surface area (Å²) in [5.74, 6) is 0.980. The van der Waals surface area contributed by atoms with Crippen LogP contribution in [0.5, 0.6) is 0 Å². The number of aromatic nitrogens is 1. The second-order valence-electron chi connectivity index (χ2n) is 5.45. The van der Waals surface area contributed by atoms with E-state index in [0.717, 1.165) is 10.5 Å². The van der Waals surface area contributed by atoms with E-state index >= 15 is 0 Å². The fourth-order valence-electron chi connectivity index (χ4n) is 2.18. The molecule has 1 amide bonds. The second kappa shape index (κ2) is 7.55. The van der Waals surface area contributed by atoms with Crippen molar-refractivity contribution in [2.24, 2.45) is 0 Å². The van der Waals surface area contributed by atoms with Crippen LogP contribution in [0.15, 0.2) is 53.4 Å². The van der Waals surface area contributed by atoms with Crippen molar-refractivity contribution in [3.63, 3.8) is 0 Å². The van der Waals surface area contributed by atoms with Gasteiger partial charge in [-0.15, -0.1) is 11.8 Å². The van der Waals surface area contributed by atoms with E-state index in [2.05, 4.69) is 10.3 Å². The van der Waals surface area contributed by atoms with Crippen molar-refractivity contribution in [2.75, 3.05) is 17.3 Å². The van der Waals surface area contributed by atoms with Gasteiger partial charge in [-0.25, -0.2) is 13.4 Å². The minimum Gasteiger partial charge on any atom is -0.301 e. The van der Waals surface area contributed by atoms with Crippen molar-refractivity contribution in [3.05, 3.63) is 54.1 Å². The van der Waals surface area contributed by atoms with Crippen LogP contribution in [0, 0.1) is 0 Å². The molecule has 0 saturated heterocycles. The summed E-state index contributed by atoms with van der Waals surface area (Å²) in [5, 5.41) is 3.25. The van der Waals surface area contributed by atoms with E-state index in [-0.39, 0.29) is 10.8 Å². The first kappa shape index (κ1) is 17.9. The van der Waals surface area contributed by atoms with Gasteiger partial charge in [0.1, 0.15) is 0 Å². The van der Waals surface area contributed by atoms with Gasteiger partial charge in [-0.05, 0) is 23.8 Å². The molecule has 0 bridgehead atoms. The van der Waals surface area contributed by atoms with Crippen molar-refractivity contribution < 1.29 is 13.2 Å². The first-order valence-electron chi connectivity index (χ1n) is 7.44. The minimum absolute atomic E-state index is 0.122. The molecule has 0 fully saturated rings. The van der Waals surface area contributed by atoms with Crippen molar-refractivity contribution in [1.29, 1.82) is 0 Å². The van der Waals surface area contributed by atoms with E-state index < -0.39 is 9.84 Å². The number of thiazole rings is 1. The van der Waals surface area contributed by atoms with Gasteiger partial charge in [-0.1, -0.05) is 41.7 Å². The van der Waals surface area contributed by atoms with Gasteiger partial charge >= 0.3 is 0 Å². The average molecular weight is 393 g/mol. The Morgan fingerprint density at radius 1 is 1.20 bits per heavy atom. The lowest BCUT2D eigenvalue weighted by molar-refractivity contribution is -0.113. The van der Waals surface area contributed by atoms with Gasteiger partial charge in [0, 0.05) is 12.0 Å². The molecule has 5 nitrogen and oxygen atoms in total. The molecule has 0 atom stereocenters. The minimum atomic E-state index is -3.26. The SMILES string of the molecule is CS(=O)(=O)c1ccc2nc(NC(=O)CSCc3ccccc3)sc2c1. The standard InChI is InChI=1S/C17H16N2O3S3/c1-25(21,22)13-7-8-14-15(9-13)24-17(18-14)19-16(20)11-23-10-12-5-3-2-4-6-12/h2-9H,10-11H2,1H3,(H,18,19,20). The lowest BCUT2D eigenvalue weighted by Gasteiger charge is -2.02. The molecule has 0 aliphatic heterocycles. The zero-order chi connectivity index (χ0) is 17.9. The molecular formula is C17H16N2O3S3. The van der Waals surface area contributed by atoms with Gasteiger partial charge in [-0.2, -0.15) is 0 Å². The van der Waals surface area contributed by atoms with E-state index in [1.165, 1.54) is 41.0 Å². The normalized spacial score (nSPS) is 11.6. The summed E-state index contributed by atoms with van der Waals surface area (Å²) in [4.78, 5) is 16.6. The van der Waals surface area contributed by atoms with Crippen LogP contribution < -0.4 is 5.32 Å². The highest BCUT2D eigenvalue weighted by Crippen LogP contribution is 2.28. The summed E-state index contributed by atoms with van der Waals surface area (Å²) < 4.78 is 23.9. The van der Waals surface area contributed by atoms with E-state index in [4.69, 9.17) is 0 Å². The Bertz CT molecular complexity index is 998. The van der Waals surface area contributed by atoms with Crippen LogP contribution in [0.2, 0.25) is 0 Å². The van der Waals surface area contributed by atoms with Crippen LogP contribution in [0.1, 0.15) is 5.56 Å². The first-order chi connectivity index (χ1) is 11.9. The molecule has 0 aliphatic carbocycles. The van der Waals surface area contributed by atoms with Crippen LogP contribution in [0.3, 0.4) is 0 Å². The zero-order valence-corrected chi connectivity index (χ0v) is 15.9. The Hall–Kier alpha value is -1.90. The predicted molar refractivity (Wildman–Crippen MR) is 104 cm³/mol. The number of sulfone groups is 1. The molecule has 0 spiro atoms. The average Bonchev–Trinajstić information content (AvgIpc) is 2.96. The largest absolute Gasteiger partial charge is 0.301 e. The third kappa shape index (κ3) is 4.81. The van der Waals surface area contributed by atoms with Crippen molar-refractivity contribution >= 4 is 54.2 Å². The van der Waals surface area contributed by atoms with Gasteiger partial charge in [0.15, 0.2) is 15.0 Å². The van der Waals surface area contributed by atoms with Crippen LogP contribution in [0.25, 0.3) is 10.2 Å². The molecule has 8 heteroatoms. The summed E-state index contributed by atoms with van der Waals surface area (Å²) in [5.41, 5.74) is 1.85. The Balaban J connectivity index is 1.61. The van der Waals surface area contributed by atoms with Crippen LogP contribution in [-0.2, 0) is 20.4 Å². The number of hydrogen-bond acceptors (Lipinski definition) is 6. The molecule has 0 unspecified atom stereocenters. The highest BCUT2D eigenvalue weighted by Gasteiger charge is 2.12. The zero-order valence-electron chi connectivity index (χ0n) is 13.4. The molecular weight excluding hydrogens is 376 g/mol. The Labute approximate surface area is 154 Å². The number of benzene rings is 2. The number of fused-ring (bicyclic) bond motifs is 1. The molecule has 1 heterocycles. The summed E-state index contributed by atoms with van der Waals surface area (Å²) in [6.07, 6.45) is 1.17. The molecule has 1 aromatic heterocycles. The molecule has 0 radical (unpaired) electrons. The second-order valence-corrected chi connectivity index (χ2v) is 9.48. The number of thioether (sulfide) groups is 1. The highest BCUT2D eigenvalue weighted by molar-refractivity contribution is 7.99. The summed E-state index contributed by atoms with van der Waals surface area (Å²) in [6, 6.07) is 14.7. The monoisotopic (exact) mass is 392 g/mol. The number of amides is 1. The highest BCUT2D eigenvalue weighted by atomic mass is 32.2. The van der Waals surface area contributed by atoms with Gasteiger partial charge in [-0.3, -0.25) is 4.79 Å². The van der Waals surface area contributed by atoms with E-state index in [9.17, 15) is 13.2 Å². The number of nitrogens with one attached hydrogen (secondary N) is 1. The van der Waals surface area contributed by atoms with Gasteiger partial charge in [0.2, 0.25) is 5.91 Å². The third-order valence-electron chi connectivity index (χ3n) is 3.38. The maximum Gasteiger partial charge on any atom is 0.236 e. The van der Waals surface area contributed by atoms with Crippen molar-refractivity contribution in [1.82, 2.24) is 4.98 Å². The number of rotatable bonds is 6. The fraction of sp³-hybridized carbons (Fsp3) is 0.176. The predicted octanol–water partition coefficient (Wildman–Crippen LogP) is 3.57. The molecule has 0 saturated carbocycles. The van der Waals surface area contributed by atoms with Crippen LogP contribution in [-0.4, -0.2) is 31.3 Å². The Morgan fingerprint density at radius 3 is 2.68 bits per heavy atom. The smallest absolute Gasteiger partial charge is 0.236 e. The number of nitrogens with zero attached hydrogens (tertiary/aromatic N) is 1. The maximum atomic E-state index is 12.0. The number of hydrogen-bond donors (Lipinski definition) is 1. The van der Waals surface area contributed by atoms with Crippen molar-refractivity contribution in [3.8, 4) is 0 Å². The summed E-state index contributed by atoms with van der Waals surface area (Å²) in [6.45, 7) is 0. The quantitative estimate of drug-likeness (QED) is 0.694. The topological polar surface area (TPSA) is 76.1 Å². The third-order valence-corrected chi connectivity index (χ3v) is 6.43. The molecule has 130 valence electrons. The number of anilines is 1. The number of carbonyl (C=O) groups is 1. The van der Waals surface area contributed by atoms with E-state index in [1.807, 2.05) is 30.3 Å². The van der Waals surface area contributed by atoms with Gasteiger partial charge in [0.05, 0.1) is 20.9 Å². The molecule has 3 rings (SSSR count). The number of carbonyl (C=O) groups excluding carboxylic acids is 1.